The van der Waals surface area contributed by atoms with Gasteiger partial charge in [0.05, 0.1) is 12.1 Å². The highest BCUT2D eigenvalue weighted by atomic mass is 16.1. The summed E-state index contributed by atoms with van der Waals surface area (Å²) in [5, 5.41) is 10.3. The van der Waals surface area contributed by atoms with Gasteiger partial charge in [-0.15, -0.1) is 0 Å². The third kappa shape index (κ3) is 4.30. The zero-order valence-electron chi connectivity index (χ0n) is 12.4. The van der Waals surface area contributed by atoms with Gasteiger partial charge in [-0.2, -0.15) is 5.10 Å². The van der Waals surface area contributed by atoms with Gasteiger partial charge >= 0.3 is 0 Å². The smallest absolute Gasteiger partial charge is 0.255 e. The molecular weight excluding hydrogens is 266 g/mol. The first-order chi connectivity index (χ1) is 10.2. The van der Waals surface area contributed by atoms with Crippen LogP contribution in [0.1, 0.15) is 30.6 Å². The first kappa shape index (κ1) is 15.0. The molecule has 0 aliphatic rings. The molecule has 1 unspecified atom stereocenters. The van der Waals surface area contributed by atoms with E-state index in [0.29, 0.717) is 17.9 Å². The van der Waals surface area contributed by atoms with Crippen molar-refractivity contribution in [2.24, 2.45) is 0 Å². The van der Waals surface area contributed by atoms with E-state index in [9.17, 15) is 4.79 Å². The second kappa shape index (κ2) is 7.42. The largest absolute Gasteiger partial charge is 0.369 e. The normalized spacial score (nSPS) is 11.9. The molecule has 0 fully saturated rings. The van der Waals surface area contributed by atoms with Crippen molar-refractivity contribution in [2.45, 2.75) is 32.9 Å². The molecule has 1 amide bonds. The minimum Gasteiger partial charge on any atom is -0.369 e. The number of pyridine rings is 1. The van der Waals surface area contributed by atoms with Crippen LogP contribution in [-0.4, -0.2) is 33.3 Å². The Labute approximate surface area is 124 Å². The van der Waals surface area contributed by atoms with Crippen molar-refractivity contribution >= 4 is 11.7 Å². The first-order valence-corrected chi connectivity index (χ1v) is 7.18. The molecule has 2 N–H and O–H groups in total. The molecule has 6 nitrogen and oxygen atoms in total. The Bertz CT molecular complexity index is 567. The van der Waals surface area contributed by atoms with E-state index < -0.39 is 0 Å². The van der Waals surface area contributed by atoms with E-state index in [1.807, 2.05) is 19.2 Å². The maximum atomic E-state index is 12.3. The van der Waals surface area contributed by atoms with Crippen molar-refractivity contribution in [1.29, 1.82) is 0 Å². The number of hydrogen-bond acceptors (Lipinski definition) is 4. The Kier molecular flexibility index (Phi) is 5.31. The molecule has 0 aliphatic carbocycles. The van der Waals surface area contributed by atoms with E-state index >= 15 is 0 Å². The van der Waals surface area contributed by atoms with Crippen LogP contribution in [0.5, 0.6) is 0 Å². The Balaban J connectivity index is 1.99. The van der Waals surface area contributed by atoms with Gasteiger partial charge in [0.25, 0.3) is 5.91 Å². The Morgan fingerprint density at radius 2 is 2.24 bits per heavy atom. The maximum Gasteiger partial charge on any atom is 0.255 e. The van der Waals surface area contributed by atoms with Gasteiger partial charge in [-0.3, -0.25) is 9.48 Å². The van der Waals surface area contributed by atoms with Gasteiger partial charge in [0, 0.05) is 31.2 Å². The zero-order valence-corrected chi connectivity index (χ0v) is 12.4. The summed E-state index contributed by atoms with van der Waals surface area (Å²) >= 11 is 0. The van der Waals surface area contributed by atoms with Gasteiger partial charge in [0.2, 0.25) is 0 Å². The summed E-state index contributed by atoms with van der Waals surface area (Å²) in [6, 6.07) is 5.39. The van der Waals surface area contributed by atoms with Crippen LogP contribution in [0, 0.1) is 0 Å². The Morgan fingerprint density at radius 3 is 2.95 bits per heavy atom. The summed E-state index contributed by atoms with van der Waals surface area (Å²) in [6.07, 6.45) is 6.26. The molecule has 2 heterocycles. The summed E-state index contributed by atoms with van der Waals surface area (Å²) in [6.45, 7) is 5.45. The van der Waals surface area contributed by atoms with Crippen LogP contribution < -0.4 is 10.6 Å². The third-order valence-corrected chi connectivity index (χ3v) is 2.99. The quantitative estimate of drug-likeness (QED) is 0.816. The molecule has 1 atom stereocenters. The average molecular weight is 287 g/mol. The molecule has 0 saturated carbocycles. The van der Waals surface area contributed by atoms with Crippen molar-refractivity contribution in [3.63, 3.8) is 0 Å². The topological polar surface area (TPSA) is 71.8 Å². The molecule has 0 bridgehead atoms. The van der Waals surface area contributed by atoms with Crippen molar-refractivity contribution in [3.8, 4) is 0 Å². The number of nitrogens with one attached hydrogen (secondary N) is 2. The minimum absolute atomic E-state index is 0.0170. The second-order valence-corrected chi connectivity index (χ2v) is 4.93. The van der Waals surface area contributed by atoms with E-state index in [0.717, 1.165) is 13.0 Å². The van der Waals surface area contributed by atoms with Crippen LogP contribution in [0.15, 0.2) is 36.8 Å². The Morgan fingerprint density at radius 1 is 1.38 bits per heavy atom. The second-order valence-electron chi connectivity index (χ2n) is 4.93. The van der Waals surface area contributed by atoms with Crippen molar-refractivity contribution in [3.05, 3.63) is 42.4 Å². The van der Waals surface area contributed by atoms with Gasteiger partial charge in [-0.05, 0) is 31.5 Å². The molecule has 0 aromatic carbocycles. The Hall–Kier alpha value is -2.37. The average Bonchev–Trinajstić information content (AvgIpc) is 2.98. The predicted molar refractivity (Wildman–Crippen MR) is 82.2 cm³/mol. The summed E-state index contributed by atoms with van der Waals surface area (Å²) < 4.78 is 1.80. The fraction of sp³-hybridized carbons (Fsp3) is 0.400. The number of anilines is 1. The summed E-state index contributed by atoms with van der Waals surface area (Å²) in [7, 11) is 0. The van der Waals surface area contributed by atoms with Crippen LogP contribution in [0.25, 0.3) is 0 Å². The fourth-order valence-electron chi connectivity index (χ4n) is 2.01. The molecule has 0 aliphatic heterocycles. The standard InChI is InChI=1S/C15H21N5O/c1-3-7-16-14-13(6-4-8-17-14)15(21)19-12(2)11-20-10-5-9-18-20/h4-6,8-10,12H,3,7,11H2,1-2H3,(H,16,17)(H,19,21). The van der Waals surface area contributed by atoms with Gasteiger partial charge < -0.3 is 10.6 Å². The molecule has 2 rings (SSSR count). The van der Waals surface area contributed by atoms with E-state index in [4.69, 9.17) is 0 Å². The summed E-state index contributed by atoms with van der Waals surface area (Å²) in [5.74, 6) is 0.504. The highest BCUT2D eigenvalue weighted by Crippen LogP contribution is 2.11. The SMILES string of the molecule is CCCNc1ncccc1C(=O)NC(C)Cn1cccn1. The first-order valence-electron chi connectivity index (χ1n) is 7.18. The number of carbonyl (C=O) groups is 1. The monoisotopic (exact) mass is 287 g/mol. The van der Waals surface area contributed by atoms with Crippen LogP contribution in [0.2, 0.25) is 0 Å². The number of nitrogens with zero attached hydrogens (tertiary/aromatic N) is 3. The van der Waals surface area contributed by atoms with Crippen molar-refractivity contribution in [1.82, 2.24) is 20.1 Å². The van der Waals surface area contributed by atoms with Crippen molar-refractivity contribution in [2.75, 3.05) is 11.9 Å². The van der Waals surface area contributed by atoms with E-state index in [1.165, 1.54) is 0 Å². The summed E-state index contributed by atoms with van der Waals surface area (Å²) in [4.78, 5) is 16.6. The highest BCUT2D eigenvalue weighted by molar-refractivity contribution is 5.98. The number of aromatic nitrogens is 3. The molecule has 0 saturated heterocycles. The van der Waals surface area contributed by atoms with E-state index in [2.05, 4.69) is 27.6 Å². The minimum atomic E-state index is -0.124. The molecule has 112 valence electrons. The number of hydrogen-bond donors (Lipinski definition) is 2. The lowest BCUT2D eigenvalue weighted by Gasteiger charge is -2.15. The lowest BCUT2D eigenvalue weighted by atomic mass is 10.2. The summed E-state index contributed by atoms with van der Waals surface area (Å²) in [5.41, 5.74) is 0.568. The number of carbonyl (C=O) groups excluding carboxylic acids is 1. The fourth-order valence-corrected chi connectivity index (χ4v) is 2.01. The lowest BCUT2D eigenvalue weighted by molar-refractivity contribution is 0.0936. The van der Waals surface area contributed by atoms with Crippen LogP contribution in [-0.2, 0) is 6.54 Å². The van der Waals surface area contributed by atoms with Crippen molar-refractivity contribution < 1.29 is 4.79 Å². The van der Waals surface area contributed by atoms with E-state index in [1.54, 1.807) is 29.2 Å². The molecule has 0 spiro atoms. The maximum absolute atomic E-state index is 12.3. The molecule has 2 aromatic rings. The van der Waals surface area contributed by atoms with Gasteiger partial charge in [-0.25, -0.2) is 4.98 Å². The molecule has 2 aromatic heterocycles. The number of rotatable bonds is 7. The molecule has 6 heteroatoms. The number of amides is 1. The van der Waals surface area contributed by atoms with E-state index in [-0.39, 0.29) is 11.9 Å². The van der Waals surface area contributed by atoms with Crippen LogP contribution >= 0.6 is 0 Å². The molecule has 21 heavy (non-hydrogen) atoms. The molecule has 0 radical (unpaired) electrons. The third-order valence-electron chi connectivity index (χ3n) is 2.99. The van der Waals surface area contributed by atoms with Crippen LogP contribution in [0.4, 0.5) is 5.82 Å². The van der Waals surface area contributed by atoms with Crippen LogP contribution in [0.3, 0.4) is 0 Å². The van der Waals surface area contributed by atoms with Gasteiger partial charge in [0.15, 0.2) is 0 Å². The lowest BCUT2D eigenvalue weighted by Crippen LogP contribution is -2.36. The zero-order chi connectivity index (χ0) is 15.1. The molecular formula is C15H21N5O. The predicted octanol–water partition coefficient (Wildman–Crippen LogP) is 1.92. The van der Waals surface area contributed by atoms with Gasteiger partial charge in [-0.1, -0.05) is 6.92 Å². The van der Waals surface area contributed by atoms with Gasteiger partial charge in [0.1, 0.15) is 5.82 Å². The highest BCUT2D eigenvalue weighted by Gasteiger charge is 2.14.